The van der Waals surface area contributed by atoms with Crippen LogP contribution in [0.15, 0.2) is 24.4 Å². The maximum Gasteiger partial charge on any atom is 0.320 e. The number of H-pyrrole nitrogens is 1. The zero-order chi connectivity index (χ0) is 23.4. The molecular formula is C28H40N6O. The van der Waals surface area contributed by atoms with E-state index in [2.05, 4.69) is 48.0 Å². The number of rotatable bonds is 4. The molecule has 0 atom stereocenters. The van der Waals surface area contributed by atoms with E-state index in [-0.39, 0.29) is 6.03 Å². The highest BCUT2D eigenvalue weighted by Crippen LogP contribution is 2.61. The molecule has 4 aliphatic carbocycles. The molecule has 1 N–H and O–H groups in total. The van der Waals surface area contributed by atoms with Gasteiger partial charge in [-0.3, -0.25) is 10.00 Å². The van der Waals surface area contributed by atoms with Crippen LogP contribution >= 0.6 is 0 Å². The summed E-state index contributed by atoms with van der Waals surface area (Å²) in [5.74, 6) is 3.14. The first kappa shape index (κ1) is 22.0. The van der Waals surface area contributed by atoms with Gasteiger partial charge in [0.1, 0.15) is 0 Å². The second-order valence-corrected chi connectivity index (χ2v) is 12.4. The third-order valence-corrected chi connectivity index (χ3v) is 10.1. The van der Waals surface area contributed by atoms with Gasteiger partial charge in [-0.15, -0.1) is 0 Å². The Morgan fingerprint density at radius 3 is 2.17 bits per heavy atom. The van der Waals surface area contributed by atoms with Crippen LogP contribution in [0, 0.1) is 23.2 Å². The van der Waals surface area contributed by atoms with Gasteiger partial charge < -0.3 is 14.7 Å². The minimum absolute atomic E-state index is 0.243. The van der Waals surface area contributed by atoms with Crippen molar-refractivity contribution < 1.29 is 4.79 Å². The van der Waals surface area contributed by atoms with Gasteiger partial charge in [-0.1, -0.05) is 6.07 Å². The first-order valence-electron chi connectivity index (χ1n) is 14.1. The number of amides is 2. The summed E-state index contributed by atoms with van der Waals surface area (Å²) in [7, 11) is 0. The Morgan fingerprint density at radius 2 is 1.51 bits per heavy atom. The van der Waals surface area contributed by atoms with Gasteiger partial charge in [0.25, 0.3) is 0 Å². The van der Waals surface area contributed by atoms with Crippen molar-refractivity contribution in [1.29, 1.82) is 0 Å². The summed E-state index contributed by atoms with van der Waals surface area (Å²) in [5.41, 5.74) is 2.96. The number of aromatic amines is 1. The van der Waals surface area contributed by atoms with E-state index >= 15 is 0 Å². The third kappa shape index (κ3) is 4.09. The van der Waals surface area contributed by atoms with E-state index in [1.807, 2.05) is 6.20 Å². The highest BCUT2D eigenvalue weighted by Gasteiger charge is 2.50. The number of hydrogen-bond donors (Lipinski definition) is 1. The molecule has 3 heterocycles. The van der Waals surface area contributed by atoms with Crippen LogP contribution in [0.2, 0.25) is 0 Å². The molecule has 188 valence electrons. The molecule has 0 spiro atoms. The van der Waals surface area contributed by atoms with Crippen molar-refractivity contribution in [3.05, 3.63) is 24.4 Å². The number of hydrogen-bond acceptors (Lipinski definition) is 4. The molecule has 1 aromatic heterocycles. The van der Waals surface area contributed by atoms with Crippen LogP contribution in [0.25, 0.3) is 10.9 Å². The number of nitrogens with one attached hydrogen (secondary N) is 1. The molecule has 7 nitrogen and oxygen atoms in total. The van der Waals surface area contributed by atoms with Crippen molar-refractivity contribution in [2.45, 2.75) is 44.9 Å². The summed E-state index contributed by atoms with van der Waals surface area (Å²) in [4.78, 5) is 22.5. The Balaban J connectivity index is 0.889. The van der Waals surface area contributed by atoms with Gasteiger partial charge in [0, 0.05) is 63.4 Å². The number of carbonyl (C=O) groups excluding carboxylic acids is 1. The number of anilines is 1. The van der Waals surface area contributed by atoms with Crippen LogP contribution in [0.5, 0.6) is 0 Å². The van der Waals surface area contributed by atoms with Crippen LogP contribution in [0.4, 0.5) is 10.5 Å². The van der Waals surface area contributed by atoms with Crippen LogP contribution in [0.3, 0.4) is 0 Å². The van der Waals surface area contributed by atoms with E-state index in [0.717, 1.165) is 81.0 Å². The minimum atomic E-state index is 0.243. The van der Waals surface area contributed by atoms with Crippen LogP contribution in [0.1, 0.15) is 44.9 Å². The summed E-state index contributed by atoms with van der Waals surface area (Å²) in [6.45, 7) is 8.43. The quantitative estimate of drug-likeness (QED) is 0.724. The maximum atomic E-state index is 13.3. The number of carbonyl (C=O) groups is 1. The van der Waals surface area contributed by atoms with E-state index in [4.69, 9.17) is 0 Å². The summed E-state index contributed by atoms with van der Waals surface area (Å²) in [6, 6.07) is 6.55. The zero-order valence-electron chi connectivity index (χ0n) is 21.0. The van der Waals surface area contributed by atoms with Gasteiger partial charge in [-0.2, -0.15) is 5.10 Å². The second-order valence-electron chi connectivity index (χ2n) is 12.4. The fourth-order valence-corrected chi connectivity index (χ4v) is 8.72. The molecule has 35 heavy (non-hydrogen) atoms. The van der Waals surface area contributed by atoms with Crippen molar-refractivity contribution in [2.24, 2.45) is 23.2 Å². The average molecular weight is 477 g/mol. The molecule has 0 unspecified atom stereocenters. The van der Waals surface area contributed by atoms with Gasteiger partial charge in [-0.25, -0.2) is 4.79 Å². The Morgan fingerprint density at radius 1 is 0.886 bits per heavy atom. The largest absolute Gasteiger partial charge is 0.367 e. The zero-order valence-corrected chi connectivity index (χ0v) is 21.0. The maximum absolute atomic E-state index is 13.3. The monoisotopic (exact) mass is 476 g/mol. The molecule has 6 aliphatic rings. The highest BCUT2D eigenvalue weighted by atomic mass is 16.2. The molecule has 4 saturated carbocycles. The first-order valence-corrected chi connectivity index (χ1v) is 14.1. The molecule has 6 fully saturated rings. The summed E-state index contributed by atoms with van der Waals surface area (Å²) >= 11 is 0. The normalized spacial score (nSPS) is 33.1. The molecule has 4 bridgehead atoms. The lowest BCUT2D eigenvalue weighted by Gasteiger charge is -2.57. The molecule has 2 aromatic rings. The number of benzene rings is 1. The van der Waals surface area contributed by atoms with Gasteiger partial charge >= 0.3 is 6.03 Å². The highest BCUT2D eigenvalue weighted by molar-refractivity contribution is 5.91. The topological polar surface area (TPSA) is 58.7 Å². The van der Waals surface area contributed by atoms with E-state index < -0.39 is 0 Å². The van der Waals surface area contributed by atoms with Crippen LogP contribution in [-0.2, 0) is 0 Å². The third-order valence-electron chi connectivity index (χ3n) is 10.1. The predicted octanol–water partition coefficient (Wildman–Crippen LogP) is 4.03. The van der Waals surface area contributed by atoms with E-state index in [1.54, 1.807) is 0 Å². The lowest BCUT2D eigenvalue weighted by Crippen LogP contribution is -2.57. The summed E-state index contributed by atoms with van der Waals surface area (Å²) in [6.07, 6.45) is 12.4. The number of aromatic nitrogens is 2. The Bertz CT molecular complexity index is 1030. The van der Waals surface area contributed by atoms with Crippen LogP contribution < -0.4 is 4.90 Å². The molecular weight excluding hydrogens is 436 g/mol. The fourth-order valence-electron chi connectivity index (χ4n) is 8.72. The van der Waals surface area contributed by atoms with Crippen molar-refractivity contribution >= 4 is 22.6 Å². The second kappa shape index (κ2) is 8.68. The smallest absolute Gasteiger partial charge is 0.320 e. The minimum Gasteiger partial charge on any atom is -0.367 e. The SMILES string of the molecule is O=C(N1CCN(CCC23CC4CC(CC(C4)C2)C3)CC1)N1CCN(c2cccc3[nH]ncc23)CC1. The van der Waals surface area contributed by atoms with Crippen molar-refractivity contribution in [3.8, 4) is 0 Å². The molecule has 8 rings (SSSR count). The number of nitrogens with zero attached hydrogens (tertiary/aromatic N) is 5. The van der Waals surface area contributed by atoms with Gasteiger partial charge in [0.05, 0.1) is 11.7 Å². The van der Waals surface area contributed by atoms with Crippen molar-refractivity contribution in [2.75, 3.05) is 63.8 Å². The summed E-state index contributed by atoms with van der Waals surface area (Å²) in [5, 5.41) is 8.43. The van der Waals surface area contributed by atoms with E-state index in [1.165, 1.54) is 57.2 Å². The Kier molecular flexibility index (Phi) is 5.45. The lowest BCUT2D eigenvalue weighted by molar-refractivity contribution is -0.0620. The fraction of sp³-hybridized carbons (Fsp3) is 0.714. The van der Waals surface area contributed by atoms with Crippen molar-refractivity contribution in [3.63, 3.8) is 0 Å². The molecule has 1 aromatic carbocycles. The predicted molar refractivity (Wildman–Crippen MR) is 139 cm³/mol. The molecule has 2 amide bonds. The Labute approximate surface area is 208 Å². The van der Waals surface area contributed by atoms with Gasteiger partial charge in [0.2, 0.25) is 0 Å². The first-order chi connectivity index (χ1) is 17.1. The van der Waals surface area contributed by atoms with Crippen molar-refractivity contribution in [1.82, 2.24) is 24.9 Å². The van der Waals surface area contributed by atoms with Gasteiger partial charge in [-0.05, 0) is 86.8 Å². The number of fused-ring (bicyclic) bond motifs is 1. The van der Waals surface area contributed by atoms with Crippen LogP contribution in [-0.4, -0.2) is 89.8 Å². The lowest BCUT2D eigenvalue weighted by atomic mass is 9.49. The number of piperazine rings is 2. The van der Waals surface area contributed by atoms with Gasteiger partial charge in [0.15, 0.2) is 0 Å². The standard InChI is InChI=1S/C28H40N6O/c35-27(34-12-10-32(11-13-34)26-3-1-2-25-24(26)20-29-30-25)33-8-6-31(7-9-33)5-4-28-17-21-14-22(18-28)16-23(15-21)19-28/h1-3,20-23H,4-19H2,(H,29,30). The molecule has 2 aliphatic heterocycles. The average Bonchev–Trinajstić information content (AvgIpc) is 3.36. The summed E-state index contributed by atoms with van der Waals surface area (Å²) < 4.78 is 0. The molecule has 0 radical (unpaired) electrons. The Hall–Kier alpha value is -2.28. The number of urea groups is 1. The van der Waals surface area contributed by atoms with E-state index in [0.29, 0.717) is 5.41 Å². The van der Waals surface area contributed by atoms with E-state index in [9.17, 15) is 4.79 Å². The molecule has 2 saturated heterocycles. The molecule has 7 heteroatoms.